The predicted octanol–water partition coefficient (Wildman–Crippen LogP) is 0.681. The first-order valence-corrected chi connectivity index (χ1v) is 8.08. The van der Waals surface area contributed by atoms with Crippen molar-refractivity contribution in [2.24, 2.45) is 7.05 Å². The molecule has 2 atom stereocenters. The molecule has 0 saturated carbocycles. The Kier molecular flexibility index (Phi) is 4.07. The van der Waals surface area contributed by atoms with Crippen LogP contribution in [-0.4, -0.2) is 40.4 Å². The highest BCUT2D eigenvalue weighted by Gasteiger charge is 2.34. The van der Waals surface area contributed by atoms with Gasteiger partial charge >= 0.3 is 0 Å². The molecule has 1 aromatic heterocycles. The first kappa shape index (κ1) is 13.5. The van der Waals surface area contributed by atoms with Gasteiger partial charge in [0.15, 0.2) is 9.84 Å². The maximum absolute atomic E-state index is 11.9. The smallest absolute Gasteiger partial charge is 0.155 e. The van der Waals surface area contributed by atoms with E-state index >= 15 is 0 Å². The summed E-state index contributed by atoms with van der Waals surface area (Å²) in [6.07, 6.45) is 6.26. The number of hydrogen-bond acceptors (Lipinski definition) is 4. The van der Waals surface area contributed by atoms with Crippen LogP contribution in [0.4, 0.5) is 0 Å². The van der Waals surface area contributed by atoms with Crippen LogP contribution in [0.5, 0.6) is 0 Å². The van der Waals surface area contributed by atoms with Crippen molar-refractivity contribution in [1.29, 1.82) is 0 Å². The lowest BCUT2D eigenvalue weighted by atomic mass is 10.0. The summed E-state index contributed by atoms with van der Waals surface area (Å²) in [6, 6.07) is 0. The molecule has 1 aromatic rings. The zero-order chi connectivity index (χ0) is 13.2. The highest BCUT2D eigenvalue weighted by atomic mass is 32.2. The molecule has 2 unspecified atom stereocenters. The van der Waals surface area contributed by atoms with Crippen LogP contribution in [0.25, 0.3) is 0 Å². The Labute approximate surface area is 108 Å². The molecule has 1 saturated heterocycles. The van der Waals surface area contributed by atoms with Crippen molar-refractivity contribution in [3.63, 3.8) is 0 Å². The van der Waals surface area contributed by atoms with Gasteiger partial charge in [-0.1, -0.05) is 6.42 Å². The molecular formula is C12H20N2O3S. The Morgan fingerprint density at radius 1 is 1.56 bits per heavy atom. The summed E-state index contributed by atoms with van der Waals surface area (Å²) < 4.78 is 25.4. The van der Waals surface area contributed by atoms with E-state index in [1.54, 1.807) is 10.9 Å². The summed E-state index contributed by atoms with van der Waals surface area (Å²) in [6.45, 7) is 0. The van der Waals surface area contributed by atoms with Crippen molar-refractivity contribution >= 4 is 9.84 Å². The van der Waals surface area contributed by atoms with Gasteiger partial charge in [0.05, 0.1) is 23.3 Å². The van der Waals surface area contributed by atoms with Gasteiger partial charge in [-0.05, 0) is 31.2 Å². The first-order valence-electron chi connectivity index (χ1n) is 6.36. The monoisotopic (exact) mass is 272 g/mol. The van der Waals surface area contributed by atoms with E-state index in [4.69, 9.17) is 0 Å². The normalized spacial score (nSPS) is 24.9. The molecule has 0 aliphatic carbocycles. The molecule has 0 radical (unpaired) electrons. The van der Waals surface area contributed by atoms with Gasteiger partial charge in [-0.25, -0.2) is 8.42 Å². The SMILES string of the molecule is Cn1cc(CCC(O)C2CCCCS2(=O)=O)cn1. The molecule has 0 bridgehead atoms. The zero-order valence-electron chi connectivity index (χ0n) is 10.6. The van der Waals surface area contributed by atoms with Crippen LogP contribution >= 0.6 is 0 Å². The Morgan fingerprint density at radius 3 is 2.94 bits per heavy atom. The molecule has 6 heteroatoms. The van der Waals surface area contributed by atoms with Crippen molar-refractivity contribution in [3.8, 4) is 0 Å². The van der Waals surface area contributed by atoms with Gasteiger partial charge in [0, 0.05) is 13.2 Å². The fourth-order valence-electron chi connectivity index (χ4n) is 2.51. The van der Waals surface area contributed by atoms with E-state index in [0.29, 0.717) is 19.3 Å². The third kappa shape index (κ3) is 3.11. The van der Waals surface area contributed by atoms with Crippen LogP contribution in [0.2, 0.25) is 0 Å². The van der Waals surface area contributed by atoms with Gasteiger partial charge in [-0.3, -0.25) is 4.68 Å². The van der Waals surface area contributed by atoms with E-state index in [2.05, 4.69) is 5.10 Å². The minimum absolute atomic E-state index is 0.224. The summed E-state index contributed by atoms with van der Waals surface area (Å²) in [4.78, 5) is 0. The number of sulfone groups is 1. The number of aryl methyl sites for hydroxylation is 2. The second kappa shape index (κ2) is 5.40. The number of hydrogen-bond donors (Lipinski definition) is 1. The first-order chi connectivity index (χ1) is 8.49. The van der Waals surface area contributed by atoms with Gasteiger partial charge in [0.1, 0.15) is 0 Å². The molecule has 0 spiro atoms. The minimum Gasteiger partial charge on any atom is -0.392 e. The van der Waals surface area contributed by atoms with Crippen molar-refractivity contribution in [2.75, 3.05) is 5.75 Å². The molecule has 2 heterocycles. The summed E-state index contributed by atoms with van der Waals surface area (Å²) in [5, 5.41) is 13.6. The summed E-state index contributed by atoms with van der Waals surface area (Å²) in [7, 11) is -1.25. The maximum atomic E-state index is 11.9. The molecule has 0 amide bonds. The van der Waals surface area contributed by atoms with E-state index in [-0.39, 0.29) is 5.75 Å². The summed E-state index contributed by atoms with van der Waals surface area (Å²) >= 11 is 0. The average molecular weight is 272 g/mol. The minimum atomic E-state index is -3.09. The third-order valence-electron chi connectivity index (χ3n) is 3.55. The second-order valence-electron chi connectivity index (χ2n) is 5.03. The Morgan fingerprint density at radius 2 is 2.33 bits per heavy atom. The van der Waals surface area contributed by atoms with E-state index in [9.17, 15) is 13.5 Å². The van der Waals surface area contributed by atoms with Crippen molar-refractivity contribution in [1.82, 2.24) is 9.78 Å². The van der Waals surface area contributed by atoms with Gasteiger partial charge in [0.25, 0.3) is 0 Å². The molecule has 18 heavy (non-hydrogen) atoms. The van der Waals surface area contributed by atoms with Crippen molar-refractivity contribution < 1.29 is 13.5 Å². The van der Waals surface area contributed by atoms with E-state index in [1.165, 1.54) is 0 Å². The van der Waals surface area contributed by atoms with Crippen LogP contribution in [0.15, 0.2) is 12.4 Å². The Hall–Kier alpha value is -0.880. The molecule has 0 aromatic carbocycles. The highest BCUT2D eigenvalue weighted by Crippen LogP contribution is 2.24. The van der Waals surface area contributed by atoms with E-state index in [1.807, 2.05) is 13.2 Å². The molecule has 1 N–H and O–H groups in total. The quantitative estimate of drug-likeness (QED) is 0.875. The van der Waals surface area contributed by atoms with Crippen LogP contribution < -0.4 is 0 Å². The number of aromatic nitrogens is 2. The lowest BCUT2D eigenvalue weighted by molar-refractivity contribution is 0.152. The van der Waals surface area contributed by atoms with Crippen molar-refractivity contribution in [3.05, 3.63) is 18.0 Å². The number of aliphatic hydroxyl groups is 1. The van der Waals surface area contributed by atoms with Crippen molar-refractivity contribution in [2.45, 2.75) is 43.5 Å². The van der Waals surface area contributed by atoms with Crippen LogP contribution in [0, 0.1) is 0 Å². The van der Waals surface area contributed by atoms with E-state index < -0.39 is 21.2 Å². The predicted molar refractivity (Wildman–Crippen MR) is 69.0 cm³/mol. The third-order valence-corrected chi connectivity index (χ3v) is 5.88. The van der Waals surface area contributed by atoms with Crippen LogP contribution in [0.1, 0.15) is 31.2 Å². The lowest BCUT2D eigenvalue weighted by Gasteiger charge is -2.26. The van der Waals surface area contributed by atoms with Crippen LogP contribution in [0.3, 0.4) is 0 Å². The number of rotatable bonds is 4. The van der Waals surface area contributed by atoms with E-state index in [0.717, 1.165) is 18.4 Å². The molecule has 2 rings (SSSR count). The fourth-order valence-corrected chi connectivity index (χ4v) is 4.56. The summed E-state index contributed by atoms with van der Waals surface area (Å²) in [5.41, 5.74) is 1.03. The lowest BCUT2D eigenvalue weighted by Crippen LogP contribution is -2.38. The molecular weight excluding hydrogens is 252 g/mol. The molecule has 5 nitrogen and oxygen atoms in total. The number of nitrogens with zero attached hydrogens (tertiary/aromatic N) is 2. The topological polar surface area (TPSA) is 72.2 Å². The second-order valence-corrected chi connectivity index (χ2v) is 7.37. The van der Waals surface area contributed by atoms with Gasteiger partial charge in [-0.2, -0.15) is 5.10 Å². The molecule has 1 fully saturated rings. The Balaban J connectivity index is 1.93. The molecule has 1 aliphatic heterocycles. The maximum Gasteiger partial charge on any atom is 0.155 e. The van der Waals surface area contributed by atoms with Gasteiger partial charge in [-0.15, -0.1) is 0 Å². The van der Waals surface area contributed by atoms with Gasteiger partial charge in [0.2, 0.25) is 0 Å². The summed E-state index contributed by atoms with van der Waals surface area (Å²) in [5.74, 6) is 0.224. The van der Waals surface area contributed by atoms with Gasteiger partial charge < -0.3 is 5.11 Å². The fraction of sp³-hybridized carbons (Fsp3) is 0.750. The molecule has 1 aliphatic rings. The van der Waals surface area contributed by atoms with Crippen LogP contribution in [-0.2, 0) is 23.3 Å². The average Bonchev–Trinajstić information content (AvgIpc) is 2.71. The zero-order valence-corrected chi connectivity index (χ0v) is 11.4. The largest absolute Gasteiger partial charge is 0.392 e. The standard InChI is InChI=1S/C12H20N2O3S/c1-14-9-10(8-13-14)5-6-11(15)12-4-2-3-7-18(12,16)17/h8-9,11-12,15H,2-7H2,1H3. The number of aliphatic hydroxyl groups excluding tert-OH is 1. The molecule has 102 valence electrons. The Bertz CT molecular complexity index is 495. The highest BCUT2D eigenvalue weighted by molar-refractivity contribution is 7.92.